The van der Waals surface area contributed by atoms with Gasteiger partial charge in [-0.3, -0.25) is 0 Å². The summed E-state index contributed by atoms with van der Waals surface area (Å²) in [5, 5.41) is 0. The highest BCUT2D eigenvalue weighted by atomic mass is 19.3. The predicted octanol–water partition coefficient (Wildman–Crippen LogP) is 2.68. The number of hydrogen-bond donors (Lipinski definition) is 0. The van der Waals surface area contributed by atoms with Gasteiger partial charge in [-0.05, 0) is 13.0 Å². The van der Waals surface area contributed by atoms with Gasteiger partial charge >= 0.3 is 12.3 Å². The van der Waals surface area contributed by atoms with E-state index >= 15 is 0 Å². The zero-order valence-corrected chi connectivity index (χ0v) is 9.21. The van der Waals surface area contributed by atoms with Crippen LogP contribution in [0.3, 0.4) is 0 Å². The van der Waals surface area contributed by atoms with Crippen molar-refractivity contribution in [1.29, 1.82) is 0 Å². The monoisotopic (exact) mass is 253 g/mol. The van der Waals surface area contributed by atoms with Crippen molar-refractivity contribution in [2.75, 3.05) is 13.7 Å². The second kappa shape index (κ2) is 5.20. The molecule has 0 saturated carbocycles. The Hall–Kier alpha value is -1.53. The molecule has 0 spiro atoms. The highest BCUT2D eigenvalue weighted by molar-refractivity contribution is 5.32. The van der Waals surface area contributed by atoms with Gasteiger partial charge in [0, 0.05) is 5.56 Å². The number of hydrogen-bond acceptors (Lipinski definition) is 3. The van der Waals surface area contributed by atoms with Crippen molar-refractivity contribution in [3.8, 4) is 11.6 Å². The summed E-state index contributed by atoms with van der Waals surface area (Å²) in [4.78, 5) is 3.69. The summed E-state index contributed by atoms with van der Waals surface area (Å²) >= 11 is 0. The molecule has 1 heterocycles. The quantitative estimate of drug-likeness (QED) is 0.756. The predicted molar refractivity (Wildman–Crippen MR) is 52.0 cm³/mol. The number of aryl methyl sites for hydroxylation is 1. The Labute approximate surface area is 95.4 Å². The lowest BCUT2D eigenvalue weighted by Crippen LogP contribution is -2.34. The second-order valence-electron chi connectivity index (χ2n) is 3.35. The molecule has 0 N–H and O–H groups in total. The van der Waals surface area contributed by atoms with Gasteiger partial charge in [-0.1, -0.05) is 0 Å². The topological polar surface area (TPSA) is 31.4 Å². The molecule has 17 heavy (non-hydrogen) atoms. The molecule has 96 valence electrons. The number of ether oxygens (including phenoxy) is 2. The van der Waals surface area contributed by atoms with Crippen LogP contribution < -0.4 is 9.47 Å². The van der Waals surface area contributed by atoms with Crippen LogP contribution in [0.15, 0.2) is 12.3 Å². The molecule has 1 aromatic rings. The number of pyridine rings is 1. The maximum Gasteiger partial charge on any atom is 0.340 e. The summed E-state index contributed by atoms with van der Waals surface area (Å²) in [7, 11) is 1.42. The molecule has 0 aliphatic rings. The molecular weight excluding hydrogens is 242 g/mol. The van der Waals surface area contributed by atoms with Crippen molar-refractivity contribution in [2.45, 2.75) is 19.3 Å². The van der Waals surface area contributed by atoms with E-state index in [2.05, 4.69) is 9.72 Å². The van der Waals surface area contributed by atoms with Gasteiger partial charge in [-0.2, -0.15) is 8.78 Å². The number of halogens is 4. The molecule has 7 heteroatoms. The van der Waals surface area contributed by atoms with E-state index in [1.54, 1.807) is 6.92 Å². The molecule has 3 nitrogen and oxygen atoms in total. The van der Waals surface area contributed by atoms with Gasteiger partial charge < -0.3 is 9.47 Å². The zero-order valence-electron chi connectivity index (χ0n) is 9.21. The van der Waals surface area contributed by atoms with Gasteiger partial charge in [0.1, 0.15) is 5.75 Å². The van der Waals surface area contributed by atoms with Crippen LogP contribution in [0, 0.1) is 6.92 Å². The summed E-state index contributed by atoms with van der Waals surface area (Å²) < 4.78 is 58.3. The molecule has 1 aromatic heterocycles. The van der Waals surface area contributed by atoms with Crippen molar-refractivity contribution in [3.05, 3.63) is 17.8 Å². The van der Waals surface area contributed by atoms with Gasteiger partial charge in [0.15, 0.2) is 6.61 Å². The number of alkyl halides is 4. The van der Waals surface area contributed by atoms with Gasteiger partial charge in [-0.25, -0.2) is 13.8 Å². The summed E-state index contributed by atoms with van der Waals surface area (Å²) in [5.41, 5.74) is 0.425. The molecule has 0 aliphatic heterocycles. The molecule has 0 atom stereocenters. The summed E-state index contributed by atoms with van der Waals surface area (Å²) in [6, 6.07) is 1.50. The number of rotatable bonds is 5. The van der Waals surface area contributed by atoms with Crippen LogP contribution in [0.5, 0.6) is 11.6 Å². The van der Waals surface area contributed by atoms with Crippen LogP contribution >= 0.6 is 0 Å². The first-order valence-electron chi connectivity index (χ1n) is 4.66. The van der Waals surface area contributed by atoms with E-state index in [4.69, 9.17) is 4.74 Å². The van der Waals surface area contributed by atoms with Gasteiger partial charge in [0.05, 0.1) is 13.3 Å². The van der Waals surface area contributed by atoms with Crippen LogP contribution in [0.4, 0.5) is 17.6 Å². The van der Waals surface area contributed by atoms with Crippen LogP contribution in [0.25, 0.3) is 0 Å². The van der Waals surface area contributed by atoms with Crippen LogP contribution in [-0.4, -0.2) is 31.0 Å². The summed E-state index contributed by atoms with van der Waals surface area (Å²) in [6.07, 6.45) is -2.51. The van der Waals surface area contributed by atoms with Crippen LogP contribution in [0.2, 0.25) is 0 Å². The maximum atomic E-state index is 12.6. The van der Waals surface area contributed by atoms with Gasteiger partial charge in [0.25, 0.3) is 0 Å². The average molecular weight is 253 g/mol. The van der Waals surface area contributed by atoms with Gasteiger partial charge in [-0.15, -0.1) is 0 Å². The third-order valence-corrected chi connectivity index (χ3v) is 1.96. The Morgan fingerprint density at radius 3 is 2.53 bits per heavy atom. The van der Waals surface area contributed by atoms with Crippen LogP contribution in [0.1, 0.15) is 5.56 Å². The SMILES string of the molecule is COc1cnc(OCC(F)(F)C(F)F)c(C)c1. The van der Waals surface area contributed by atoms with E-state index in [0.717, 1.165) is 0 Å². The first-order valence-corrected chi connectivity index (χ1v) is 4.66. The standard InChI is InChI=1S/C10H11F4NO2/c1-6-3-7(16-2)4-15-8(6)17-5-10(13,14)9(11)12/h3-4,9H,5H2,1-2H3. The van der Waals surface area contributed by atoms with E-state index in [9.17, 15) is 17.6 Å². The fourth-order valence-electron chi connectivity index (χ4n) is 1.03. The van der Waals surface area contributed by atoms with Crippen molar-refractivity contribution in [3.63, 3.8) is 0 Å². The molecule has 0 amide bonds. The lowest BCUT2D eigenvalue weighted by atomic mass is 10.3. The Balaban J connectivity index is 2.70. The lowest BCUT2D eigenvalue weighted by molar-refractivity contribution is -0.148. The zero-order chi connectivity index (χ0) is 13.1. The van der Waals surface area contributed by atoms with Crippen molar-refractivity contribution in [1.82, 2.24) is 4.98 Å². The number of aromatic nitrogens is 1. The summed E-state index contributed by atoms with van der Waals surface area (Å²) in [6.45, 7) is 0.135. The fraction of sp³-hybridized carbons (Fsp3) is 0.500. The molecule has 0 aromatic carbocycles. The van der Waals surface area contributed by atoms with E-state index < -0.39 is 19.0 Å². The van der Waals surface area contributed by atoms with E-state index in [0.29, 0.717) is 11.3 Å². The normalized spacial score (nSPS) is 11.7. The van der Waals surface area contributed by atoms with E-state index in [1.165, 1.54) is 19.4 Å². The number of nitrogens with zero attached hydrogens (tertiary/aromatic N) is 1. The fourth-order valence-corrected chi connectivity index (χ4v) is 1.03. The Morgan fingerprint density at radius 1 is 1.41 bits per heavy atom. The lowest BCUT2D eigenvalue weighted by Gasteiger charge is -2.16. The molecule has 0 aliphatic carbocycles. The molecule has 0 unspecified atom stereocenters. The third kappa shape index (κ3) is 3.47. The Kier molecular flexibility index (Phi) is 4.14. The minimum atomic E-state index is -4.19. The first kappa shape index (κ1) is 13.5. The number of methoxy groups -OCH3 is 1. The minimum Gasteiger partial charge on any atom is -0.495 e. The Morgan fingerprint density at radius 2 is 2.06 bits per heavy atom. The van der Waals surface area contributed by atoms with Crippen LogP contribution in [-0.2, 0) is 0 Å². The smallest absolute Gasteiger partial charge is 0.340 e. The Bertz CT molecular complexity index is 385. The van der Waals surface area contributed by atoms with Crippen molar-refractivity contribution >= 4 is 0 Å². The second-order valence-corrected chi connectivity index (χ2v) is 3.35. The third-order valence-electron chi connectivity index (χ3n) is 1.96. The van der Waals surface area contributed by atoms with Crippen molar-refractivity contribution < 1.29 is 27.0 Å². The molecule has 0 bridgehead atoms. The van der Waals surface area contributed by atoms with E-state index in [1.807, 2.05) is 0 Å². The molecular formula is C10H11F4NO2. The minimum absolute atomic E-state index is 0.119. The van der Waals surface area contributed by atoms with E-state index in [-0.39, 0.29) is 5.88 Å². The molecule has 0 radical (unpaired) electrons. The van der Waals surface area contributed by atoms with Gasteiger partial charge in [0.2, 0.25) is 5.88 Å². The molecule has 1 rings (SSSR count). The maximum absolute atomic E-state index is 12.6. The van der Waals surface area contributed by atoms with Crippen molar-refractivity contribution in [2.24, 2.45) is 0 Å². The average Bonchev–Trinajstić information content (AvgIpc) is 2.27. The summed E-state index contributed by atoms with van der Waals surface area (Å²) in [5.74, 6) is -3.88. The largest absolute Gasteiger partial charge is 0.495 e. The first-order chi connectivity index (χ1) is 7.86. The highest BCUT2D eigenvalue weighted by Gasteiger charge is 2.41. The molecule has 0 saturated heterocycles. The molecule has 0 fully saturated rings. The highest BCUT2D eigenvalue weighted by Crippen LogP contribution is 2.25.